The highest BCUT2D eigenvalue weighted by atomic mass is 35.5. The van der Waals surface area contributed by atoms with Crippen molar-refractivity contribution in [3.63, 3.8) is 0 Å². The smallest absolute Gasteiger partial charge is 0.244 e. The molecule has 2 aromatic carbocycles. The Kier molecular flexibility index (Phi) is 9.44. The molecular formula is C23H27Cl3FN3O4S. The summed E-state index contributed by atoms with van der Waals surface area (Å²) in [6.45, 7) is 6.06. The molecule has 0 saturated carbocycles. The number of carbonyl (C=O) groups excluding carboxylic acids is 2. The summed E-state index contributed by atoms with van der Waals surface area (Å²) in [5, 5.41) is 3.07. The van der Waals surface area contributed by atoms with Gasteiger partial charge < -0.3 is 10.2 Å². The van der Waals surface area contributed by atoms with E-state index in [-0.39, 0.29) is 27.3 Å². The molecule has 0 unspecified atom stereocenters. The minimum Gasteiger partial charge on any atom is -0.350 e. The highest BCUT2D eigenvalue weighted by Crippen LogP contribution is 2.28. The van der Waals surface area contributed by atoms with Crippen molar-refractivity contribution in [2.45, 2.75) is 45.8 Å². The summed E-state index contributed by atoms with van der Waals surface area (Å²) < 4.78 is 39.5. The summed E-state index contributed by atoms with van der Waals surface area (Å²) >= 11 is 18.4. The summed E-state index contributed by atoms with van der Waals surface area (Å²) in [5.41, 5.74) is -0.184. The first-order valence-electron chi connectivity index (χ1n) is 10.5. The van der Waals surface area contributed by atoms with Gasteiger partial charge in [-0.3, -0.25) is 13.9 Å². The quantitative estimate of drug-likeness (QED) is 0.493. The fourth-order valence-electron chi connectivity index (χ4n) is 3.16. The van der Waals surface area contributed by atoms with E-state index in [4.69, 9.17) is 34.8 Å². The second kappa shape index (κ2) is 11.3. The number of amides is 2. The Bertz CT molecular complexity index is 1200. The van der Waals surface area contributed by atoms with Crippen LogP contribution in [0.25, 0.3) is 0 Å². The number of nitrogens with zero attached hydrogens (tertiary/aromatic N) is 2. The molecule has 1 N–H and O–H groups in total. The van der Waals surface area contributed by atoms with Crippen LogP contribution < -0.4 is 9.62 Å². The van der Waals surface area contributed by atoms with E-state index < -0.39 is 45.8 Å². The van der Waals surface area contributed by atoms with Crippen LogP contribution in [0.5, 0.6) is 0 Å². The van der Waals surface area contributed by atoms with Crippen LogP contribution in [0, 0.1) is 5.82 Å². The van der Waals surface area contributed by atoms with Crippen molar-refractivity contribution < 1.29 is 22.4 Å². The predicted octanol–water partition coefficient (Wildman–Crippen LogP) is 4.88. The maximum atomic E-state index is 13.7. The summed E-state index contributed by atoms with van der Waals surface area (Å²) in [7, 11) is -3.99. The van der Waals surface area contributed by atoms with Crippen molar-refractivity contribution in [1.82, 2.24) is 10.2 Å². The van der Waals surface area contributed by atoms with E-state index >= 15 is 0 Å². The molecule has 2 amide bonds. The minimum atomic E-state index is -3.99. The number of sulfonamides is 1. The zero-order chi connectivity index (χ0) is 26.7. The van der Waals surface area contributed by atoms with E-state index in [1.54, 1.807) is 39.0 Å². The number of halogens is 4. The van der Waals surface area contributed by atoms with E-state index in [1.807, 2.05) is 0 Å². The van der Waals surface area contributed by atoms with Gasteiger partial charge in [0.2, 0.25) is 21.8 Å². The monoisotopic (exact) mass is 565 g/mol. The Balaban J connectivity index is 2.49. The lowest BCUT2D eigenvalue weighted by atomic mass is 10.1. The number of hydrogen-bond acceptors (Lipinski definition) is 4. The Labute approximate surface area is 220 Å². The molecule has 0 fully saturated rings. The molecule has 35 heavy (non-hydrogen) atoms. The molecule has 192 valence electrons. The van der Waals surface area contributed by atoms with Crippen molar-refractivity contribution in [2.75, 3.05) is 17.1 Å². The average molecular weight is 567 g/mol. The summed E-state index contributed by atoms with van der Waals surface area (Å²) in [4.78, 5) is 27.6. The van der Waals surface area contributed by atoms with Gasteiger partial charge in [-0.15, -0.1) is 0 Å². The highest BCUT2D eigenvalue weighted by molar-refractivity contribution is 7.92. The predicted molar refractivity (Wildman–Crippen MR) is 138 cm³/mol. The van der Waals surface area contributed by atoms with Gasteiger partial charge in [-0.1, -0.05) is 40.9 Å². The number of benzene rings is 2. The van der Waals surface area contributed by atoms with Gasteiger partial charge in [-0.2, -0.15) is 0 Å². The van der Waals surface area contributed by atoms with Crippen LogP contribution in [0.1, 0.15) is 33.3 Å². The number of hydrogen-bond donors (Lipinski definition) is 1. The maximum Gasteiger partial charge on any atom is 0.244 e. The van der Waals surface area contributed by atoms with Crippen LogP contribution in [0.3, 0.4) is 0 Å². The van der Waals surface area contributed by atoms with E-state index in [0.29, 0.717) is 5.56 Å². The second-order valence-electron chi connectivity index (χ2n) is 9.01. The first-order chi connectivity index (χ1) is 16.0. The van der Waals surface area contributed by atoms with Crippen molar-refractivity contribution in [2.24, 2.45) is 0 Å². The molecule has 7 nitrogen and oxygen atoms in total. The van der Waals surface area contributed by atoms with Crippen molar-refractivity contribution >= 4 is 62.3 Å². The van der Waals surface area contributed by atoms with Crippen molar-refractivity contribution in [3.05, 3.63) is 62.8 Å². The van der Waals surface area contributed by atoms with E-state index in [1.165, 1.54) is 17.9 Å². The molecule has 2 rings (SSSR count). The Morgan fingerprint density at radius 1 is 1.06 bits per heavy atom. The molecule has 0 heterocycles. The standard InChI is InChI=1S/C23H27Cl3FN3O4S/c1-14(22(32)28-23(2,3)4)29(12-16-17(24)7-6-8-18(16)25)21(31)13-30(35(5,33)34)15-9-10-20(27)19(26)11-15/h6-11,14H,12-13H2,1-5H3,(H,28,32)/t14-/m1/s1. The van der Waals surface area contributed by atoms with Crippen LogP contribution in [-0.4, -0.2) is 49.5 Å². The molecule has 0 aromatic heterocycles. The maximum absolute atomic E-state index is 13.7. The third-order valence-corrected chi connectivity index (χ3v) is 7.06. The van der Waals surface area contributed by atoms with Crippen LogP contribution in [0.2, 0.25) is 15.1 Å². The molecule has 0 aliphatic carbocycles. The molecule has 0 spiro atoms. The first kappa shape index (κ1) is 29.2. The summed E-state index contributed by atoms with van der Waals surface area (Å²) in [6.07, 6.45) is 0.905. The van der Waals surface area contributed by atoms with E-state index in [0.717, 1.165) is 22.7 Å². The molecule has 2 aromatic rings. The van der Waals surface area contributed by atoms with Gasteiger partial charge >= 0.3 is 0 Å². The van der Waals surface area contributed by atoms with Crippen molar-refractivity contribution in [1.29, 1.82) is 0 Å². The zero-order valence-electron chi connectivity index (χ0n) is 19.9. The van der Waals surface area contributed by atoms with Crippen LogP contribution in [0.15, 0.2) is 36.4 Å². The number of anilines is 1. The lowest BCUT2D eigenvalue weighted by Crippen LogP contribution is -2.54. The summed E-state index contributed by atoms with van der Waals surface area (Å²) in [5.74, 6) is -1.90. The van der Waals surface area contributed by atoms with Gasteiger partial charge in [-0.25, -0.2) is 12.8 Å². The third-order valence-electron chi connectivity index (χ3n) is 4.93. The topological polar surface area (TPSA) is 86.8 Å². The van der Waals surface area contributed by atoms with Crippen LogP contribution >= 0.6 is 34.8 Å². The third kappa shape index (κ3) is 7.96. The Hall–Kier alpha value is -2.07. The molecule has 0 bridgehead atoms. The average Bonchev–Trinajstić information content (AvgIpc) is 2.71. The molecule has 0 saturated heterocycles. The minimum absolute atomic E-state index is 0.00484. The van der Waals surface area contributed by atoms with Gasteiger partial charge in [-0.05, 0) is 58.0 Å². The first-order valence-corrected chi connectivity index (χ1v) is 13.5. The fourth-order valence-corrected chi connectivity index (χ4v) is 4.70. The fraction of sp³-hybridized carbons (Fsp3) is 0.391. The molecular weight excluding hydrogens is 540 g/mol. The molecule has 12 heteroatoms. The van der Waals surface area contributed by atoms with Gasteiger partial charge in [0.25, 0.3) is 0 Å². The molecule has 0 radical (unpaired) electrons. The summed E-state index contributed by atoms with van der Waals surface area (Å²) in [6, 6.07) is 7.12. The van der Waals surface area contributed by atoms with Gasteiger partial charge in [0.05, 0.1) is 17.0 Å². The van der Waals surface area contributed by atoms with Gasteiger partial charge in [0.1, 0.15) is 18.4 Å². The lowest BCUT2D eigenvalue weighted by molar-refractivity contribution is -0.140. The van der Waals surface area contributed by atoms with Crippen LogP contribution in [-0.2, 0) is 26.2 Å². The van der Waals surface area contributed by atoms with Crippen molar-refractivity contribution in [3.8, 4) is 0 Å². The lowest BCUT2D eigenvalue weighted by Gasteiger charge is -2.33. The molecule has 0 aliphatic heterocycles. The van der Waals surface area contributed by atoms with Gasteiger partial charge in [0, 0.05) is 27.7 Å². The number of carbonyl (C=O) groups is 2. The molecule has 1 atom stereocenters. The Morgan fingerprint density at radius 3 is 2.11 bits per heavy atom. The highest BCUT2D eigenvalue weighted by Gasteiger charge is 2.32. The zero-order valence-corrected chi connectivity index (χ0v) is 23.0. The van der Waals surface area contributed by atoms with Crippen LogP contribution in [0.4, 0.5) is 10.1 Å². The largest absolute Gasteiger partial charge is 0.350 e. The second-order valence-corrected chi connectivity index (χ2v) is 12.1. The molecule has 0 aliphatic rings. The van der Waals surface area contributed by atoms with E-state index in [9.17, 15) is 22.4 Å². The number of nitrogens with one attached hydrogen (secondary N) is 1. The Morgan fingerprint density at radius 2 is 1.63 bits per heavy atom. The SMILES string of the molecule is C[C@H](C(=O)NC(C)(C)C)N(Cc1c(Cl)cccc1Cl)C(=O)CN(c1ccc(F)c(Cl)c1)S(C)(=O)=O. The normalized spacial score (nSPS) is 12.7. The van der Waals surface area contributed by atoms with Gasteiger partial charge in [0.15, 0.2) is 0 Å². The van der Waals surface area contributed by atoms with E-state index in [2.05, 4.69) is 5.32 Å². The number of rotatable bonds is 8.